The Kier molecular flexibility index (Phi) is 13.5. The number of methoxy groups -OCH3 is 2. The van der Waals surface area contributed by atoms with Crippen LogP contribution in [0.1, 0.15) is 35.1 Å². The fourth-order valence-electron chi connectivity index (χ4n) is 6.61. The van der Waals surface area contributed by atoms with Crippen molar-refractivity contribution in [2.24, 2.45) is 0 Å². The zero-order valence-corrected chi connectivity index (χ0v) is 29.5. The van der Waals surface area contributed by atoms with Crippen LogP contribution in [0.25, 0.3) is 33.4 Å². The number of hydrogen-bond acceptors (Lipinski definition) is 8. The van der Waals surface area contributed by atoms with Crippen molar-refractivity contribution in [1.29, 1.82) is 0 Å². The maximum atomic E-state index is 11.7. The summed E-state index contributed by atoms with van der Waals surface area (Å²) in [6.07, 6.45) is 3.80. The number of fused-ring (bicyclic) bond motifs is 3. The molecule has 0 radical (unpaired) electrons. The molecule has 4 aromatic carbocycles. The van der Waals surface area contributed by atoms with Crippen LogP contribution in [0, 0.1) is 0 Å². The van der Waals surface area contributed by atoms with Crippen molar-refractivity contribution in [1.82, 2.24) is 0 Å². The lowest BCUT2D eigenvalue weighted by Crippen LogP contribution is -2.30. The van der Waals surface area contributed by atoms with Gasteiger partial charge in [0.1, 0.15) is 13.2 Å². The third-order valence-electron chi connectivity index (χ3n) is 9.19. The predicted octanol–water partition coefficient (Wildman–Crippen LogP) is 7.85. The predicted molar refractivity (Wildman–Crippen MR) is 198 cm³/mol. The maximum Gasteiger partial charge on any atom is 0.330 e. The molecular formula is C43H46O8. The topological polar surface area (TPSA) is 89.5 Å². The molecule has 266 valence electrons. The van der Waals surface area contributed by atoms with Crippen LogP contribution in [-0.4, -0.2) is 65.8 Å². The highest BCUT2D eigenvalue weighted by molar-refractivity contribution is 5.86. The van der Waals surface area contributed by atoms with Crippen molar-refractivity contribution >= 4 is 11.9 Å². The van der Waals surface area contributed by atoms with Crippen LogP contribution >= 0.6 is 0 Å². The van der Waals surface area contributed by atoms with Gasteiger partial charge in [-0.2, -0.15) is 0 Å². The lowest BCUT2D eigenvalue weighted by molar-refractivity contribution is -0.139. The molecule has 0 bridgehead atoms. The fraction of sp³-hybridized carbons (Fsp3) is 0.302. The molecule has 51 heavy (non-hydrogen) atoms. The van der Waals surface area contributed by atoms with E-state index in [2.05, 4.69) is 73.8 Å². The van der Waals surface area contributed by atoms with Crippen molar-refractivity contribution in [3.05, 3.63) is 132 Å². The van der Waals surface area contributed by atoms with E-state index < -0.39 is 17.4 Å². The molecule has 0 N–H and O–H groups in total. The molecule has 0 aromatic heterocycles. The summed E-state index contributed by atoms with van der Waals surface area (Å²) in [5.74, 6) is -0.911. The Balaban J connectivity index is 1.58. The number of benzene rings is 4. The summed E-state index contributed by atoms with van der Waals surface area (Å²) in [4.78, 5) is 23.5. The molecule has 8 nitrogen and oxygen atoms in total. The van der Waals surface area contributed by atoms with Crippen molar-refractivity contribution < 1.29 is 38.0 Å². The van der Waals surface area contributed by atoms with Gasteiger partial charge in [-0.1, -0.05) is 73.8 Å². The minimum absolute atomic E-state index is 0.164. The zero-order chi connectivity index (χ0) is 36.1. The lowest BCUT2D eigenvalue weighted by atomic mass is 9.72. The van der Waals surface area contributed by atoms with Crippen molar-refractivity contribution in [3.8, 4) is 33.4 Å². The van der Waals surface area contributed by atoms with Crippen LogP contribution in [0.4, 0.5) is 0 Å². The molecule has 0 unspecified atom stereocenters. The first-order chi connectivity index (χ1) is 24.9. The third-order valence-corrected chi connectivity index (χ3v) is 9.19. The summed E-state index contributed by atoms with van der Waals surface area (Å²) in [5.41, 5.74) is 10.3. The van der Waals surface area contributed by atoms with Gasteiger partial charge in [-0.25, -0.2) is 9.59 Å². The van der Waals surface area contributed by atoms with Gasteiger partial charge in [-0.15, -0.1) is 0 Å². The Morgan fingerprint density at radius 1 is 0.569 bits per heavy atom. The minimum atomic E-state index is -0.455. The molecule has 1 aliphatic carbocycles. The second-order valence-electron chi connectivity index (χ2n) is 12.3. The summed E-state index contributed by atoms with van der Waals surface area (Å²) >= 11 is 0. The quantitative estimate of drug-likeness (QED) is 0.0527. The summed E-state index contributed by atoms with van der Waals surface area (Å²) in [5, 5.41) is 0. The molecule has 8 heteroatoms. The van der Waals surface area contributed by atoms with Crippen molar-refractivity contribution in [2.45, 2.75) is 31.5 Å². The molecule has 0 saturated heterocycles. The normalized spacial score (nSPS) is 12.5. The Morgan fingerprint density at radius 2 is 1.00 bits per heavy atom. The number of rotatable bonds is 20. The first-order valence-corrected chi connectivity index (χ1v) is 17.1. The molecular weight excluding hydrogens is 644 g/mol. The summed E-state index contributed by atoms with van der Waals surface area (Å²) in [7, 11) is 3.34. The SMILES string of the molecule is C=CC(=O)OCc1cccc(-c2ccc3c(c2)C(CCOCCOC)(CCOCCOC)c2cc(-c4cccc(COC(=O)C=C)c4)ccc2-3)c1. The van der Waals surface area contributed by atoms with Crippen LogP contribution in [-0.2, 0) is 56.6 Å². The monoisotopic (exact) mass is 690 g/mol. The Morgan fingerprint density at radius 3 is 1.41 bits per heavy atom. The van der Waals surface area contributed by atoms with E-state index in [4.69, 9.17) is 28.4 Å². The highest BCUT2D eigenvalue weighted by Gasteiger charge is 2.43. The average Bonchev–Trinajstić information content (AvgIpc) is 3.44. The van der Waals surface area contributed by atoms with Crippen LogP contribution in [0.3, 0.4) is 0 Å². The molecule has 0 heterocycles. The number of carbonyl (C=O) groups is 2. The van der Waals surface area contributed by atoms with Crippen molar-refractivity contribution in [2.75, 3.05) is 53.9 Å². The molecule has 0 aliphatic heterocycles. The summed E-state index contributed by atoms with van der Waals surface area (Å²) < 4.78 is 33.4. The average molecular weight is 691 g/mol. The van der Waals surface area contributed by atoms with E-state index in [0.29, 0.717) is 39.6 Å². The fourth-order valence-corrected chi connectivity index (χ4v) is 6.61. The van der Waals surface area contributed by atoms with Gasteiger partial charge < -0.3 is 28.4 Å². The zero-order valence-electron chi connectivity index (χ0n) is 29.5. The van der Waals surface area contributed by atoms with Crippen molar-refractivity contribution in [3.63, 3.8) is 0 Å². The summed E-state index contributed by atoms with van der Waals surface area (Å²) in [6.45, 7) is 10.4. The molecule has 0 atom stereocenters. The molecule has 1 aliphatic rings. The Hall–Kier alpha value is -4.86. The molecule has 0 fully saturated rings. The van der Waals surface area contributed by atoms with Gasteiger partial charge in [0, 0.05) is 45.0 Å². The molecule has 4 aromatic rings. The van der Waals surface area contributed by atoms with Gasteiger partial charge in [0.25, 0.3) is 0 Å². The van der Waals surface area contributed by atoms with Crippen LogP contribution in [0.5, 0.6) is 0 Å². The van der Waals surface area contributed by atoms with Gasteiger partial charge in [-0.05, 0) is 92.7 Å². The van der Waals surface area contributed by atoms with Gasteiger partial charge >= 0.3 is 11.9 Å². The van der Waals surface area contributed by atoms with Crippen LogP contribution < -0.4 is 0 Å². The van der Waals surface area contributed by atoms with Crippen LogP contribution in [0.15, 0.2) is 110 Å². The van der Waals surface area contributed by atoms with E-state index in [0.717, 1.165) is 46.2 Å². The molecule has 0 amide bonds. The van der Waals surface area contributed by atoms with Gasteiger partial charge in [0.15, 0.2) is 0 Å². The van der Waals surface area contributed by atoms with E-state index in [9.17, 15) is 9.59 Å². The highest BCUT2D eigenvalue weighted by atomic mass is 16.5. The number of ether oxygens (including phenoxy) is 6. The Labute approximate surface area is 300 Å². The van der Waals surface area contributed by atoms with E-state index in [-0.39, 0.29) is 13.2 Å². The lowest BCUT2D eigenvalue weighted by Gasteiger charge is -2.33. The first kappa shape index (κ1) is 37.4. The van der Waals surface area contributed by atoms with E-state index in [1.54, 1.807) is 14.2 Å². The van der Waals surface area contributed by atoms with E-state index in [1.165, 1.54) is 34.4 Å². The standard InChI is InChI=1S/C43H46O8/c1-5-41(44)50-29-31-9-7-11-33(25-31)35-13-15-37-38-16-14-36(34-12-8-10-32(26-34)30-51-42(45)6-2)28-40(38)43(39(37)27-35,17-19-48-23-21-46-3)18-20-49-24-22-47-4/h5-16,25-28H,1-2,17-24,29-30H2,3-4H3. The highest BCUT2D eigenvalue weighted by Crippen LogP contribution is 2.54. The number of hydrogen-bond donors (Lipinski definition) is 0. The summed E-state index contributed by atoms with van der Waals surface area (Å²) in [6, 6.07) is 29.4. The van der Waals surface area contributed by atoms with Crippen LogP contribution in [0.2, 0.25) is 0 Å². The second kappa shape index (κ2) is 18.4. The maximum absolute atomic E-state index is 11.7. The second-order valence-corrected chi connectivity index (χ2v) is 12.3. The van der Waals surface area contributed by atoms with Gasteiger partial charge in [0.2, 0.25) is 0 Å². The molecule has 0 saturated carbocycles. The minimum Gasteiger partial charge on any atom is -0.458 e. The van der Waals surface area contributed by atoms with Gasteiger partial charge in [-0.3, -0.25) is 0 Å². The third kappa shape index (κ3) is 9.28. The molecule has 0 spiro atoms. The van der Waals surface area contributed by atoms with E-state index >= 15 is 0 Å². The van der Waals surface area contributed by atoms with E-state index in [1.807, 2.05) is 24.3 Å². The first-order valence-electron chi connectivity index (χ1n) is 17.1. The van der Waals surface area contributed by atoms with Gasteiger partial charge in [0.05, 0.1) is 26.4 Å². The Bertz CT molecular complexity index is 1690. The number of esters is 2. The number of carbonyl (C=O) groups excluding carboxylic acids is 2. The largest absolute Gasteiger partial charge is 0.458 e. The molecule has 5 rings (SSSR count). The smallest absolute Gasteiger partial charge is 0.330 e.